The number of pyridine rings is 1. The van der Waals surface area contributed by atoms with E-state index in [0.717, 1.165) is 23.3 Å². The highest BCUT2D eigenvalue weighted by atomic mass is 19.1. The number of hydrogen-bond acceptors (Lipinski definition) is 8. The standard InChI is InChI=1S/C33H25F2N7O2/c1-3-19-7-4-8-20-9-5-10-22(27(19)20)29-28(35)30-23(16-38-29)31(40-33(39-30)44-2)42-14-11-21-17-41(18-25(21)42)32(43)24(34)15-26-36-12-6-13-37-26/h1,4-10,12-13,15-16,21,25H,11,14,17-18H2,2H3/b24-15-. The molecular formula is C33H25F2N7O2. The van der Waals surface area contributed by atoms with E-state index in [0.29, 0.717) is 35.4 Å². The fourth-order valence-electron chi connectivity index (χ4n) is 6.28. The van der Waals surface area contributed by atoms with Crippen LogP contribution in [0.25, 0.3) is 39.0 Å². The summed E-state index contributed by atoms with van der Waals surface area (Å²) in [4.78, 5) is 37.9. The lowest BCUT2D eigenvalue weighted by molar-refractivity contribution is -0.127. The summed E-state index contributed by atoms with van der Waals surface area (Å²) in [6, 6.07) is 12.6. The van der Waals surface area contributed by atoms with Crippen molar-refractivity contribution in [2.45, 2.75) is 12.5 Å². The smallest absolute Gasteiger partial charge is 0.318 e. The Kier molecular flexibility index (Phi) is 6.81. The predicted octanol–water partition coefficient (Wildman–Crippen LogP) is 4.81. The second-order valence-corrected chi connectivity index (χ2v) is 10.7. The molecule has 218 valence electrons. The zero-order valence-corrected chi connectivity index (χ0v) is 23.6. The molecule has 2 aromatic carbocycles. The van der Waals surface area contributed by atoms with Gasteiger partial charge >= 0.3 is 6.01 Å². The summed E-state index contributed by atoms with van der Waals surface area (Å²) in [6.45, 7) is 1.26. The van der Waals surface area contributed by atoms with E-state index < -0.39 is 17.6 Å². The number of hydrogen-bond donors (Lipinski definition) is 0. The van der Waals surface area contributed by atoms with Crippen molar-refractivity contribution in [3.8, 4) is 29.6 Å². The van der Waals surface area contributed by atoms with Crippen molar-refractivity contribution in [1.29, 1.82) is 0 Å². The molecule has 1 amide bonds. The molecule has 0 saturated carbocycles. The molecule has 2 saturated heterocycles. The summed E-state index contributed by atoms with van der Waals surface area (Å²) in [7, 11) is 1.42. The molecular weight excluding hydrogens is 564 g/mol. The largest absolute Gasteiger partial charge is 0.467 e. The van der Waals surface area contributed by atoms with Gasteiger partial charge in [-0.05, 0) is 23.9 Å². The summed E-state index contributed by atoms with van der Waals surface area (Å²) in [6.07, 6.45) is 12.1. The summed E-state index contributed by atoms with van der Waals surface area (Å²) in [5.41, 5.74) is 1.35. The zero-order valence-electron chi connectivity index (χ0n) is 23.6. The van der Waals surface area contributed by atoms with Gasteiger partial charge in [-0.2, -0.15) is 9.97 Å². The van der Waals surface area contributed by atoms with Gasteiger partial charge in [0.2, 0.25) is 0 Å². The summed E-state index contributed by atoms with van der Waals surface area (Å²) >= 11 is 0. The maximum absolute atomic E-state index is 16.4. The van der Waals surface area contributed by atoms with Crippen LogP contribution in [0.5, 0.6) is 6.01 Å². The van der Waals surface area contributed by atoms with Crippen LogP contribution in [0, 0.1) is 24.1 Å². The van der Waals surface area contributed by atoms with Gasteiger partial charge in [-0.3, -0.25) is 9.78 Å². The third-order valence-electron chi connectivity index (χ3n) is 8.29. The first-order valence-electron chi connectivity index (χ1n) is 14.1. The Morgan fingerprint density at radius 1 is 1.09 bits per heavy atom. The average molecular weight is 590 g/mol. The Bertz CT molecular complexity index is 2010. The van der Waals surface area contributed by atoms with Crippen molar-refractivity contribution in [2.24, 2.45) is 5.92 Å². The molecule has 5 aromatic rings. The minimum absolute atomic E-state index is 0.00278. The normalized spacial score (nSPS) is 18.1. The molecule has 44 heavy (non-hydrogen) atoms. The lowest BCUT2D eigenvalue weighted by Gasteiger charge is -2.27. The Morgan fingerprint density at radius 3 is 2.66 bits per heavy atom. The molecule has 3 aromatic heterocycles. The number of halogens is 2. The number of fused-ring (bicyclic) bond motifs is 3. The van der Waals surface area contributed by atoms with Crippen LogP contribution in [0.3, 0.4) is 0 Å². The number of anilines is 1. The number of likely N-dealkylation sites (tertiary alicyclic amines) is 1. The number of amides is 1. The van der Waals surface area contributed by atoms with Gasteiger partial charge in [0.25, 0.3) is 5.91 Å². The van der Waals surface area contributed by atoms with E-state index in [1.165, 1.54) is 24.4 Å². The molecule has 0 radical (unpaired) electrons. The molecule has 2 atom stereocenters. The molecule has 2 aliphatic rings. The maximum Gasteiger partial charge on any atom is 0.318 e. The van der Waals surface area contributed by atoms with Crippen LogP contribution in [-0.2, 0) is 4.79 Å². The lowest BCUT2D eigenvalue weighted by Crippen LogP contribution is -2.38. The van der Waals surface area contributed by atoms with Gasteiger partial charge in [0.1, 0.15) is 17.0 Å². The highest BCUT2D eigenvalue weighted by Crippen LogP contribution is 2.40. The third kappa shape index (κ3) is 4.55. The van der Waals surface area contributed by atoms with Crippen LogP contribution >= 0.6 is 0 Å². The molecule has 7 rings (SSSR count). The quantitative estimate of drug-likeness (QED) is 0.213. The van der Waals surface area contributed by atoms with E-state index in [2.05, 4.69) is 30.8 Å². The molecule has 0 spiro atoms. The topological polar surface area (TPSA) is 97.2 Å². The number of carbonyl (C=O) groups excluding carboxylic acids is 1. The minimum Gasteiger partial charge on any atom is -0.467 e. The molecule has 0 aliphatic carbocycles. The Morgan fingerprint density at radius 2 is 1.89 bits per heavy atom. The van der Waals surface area contributed by atoms with Crippen LogP contribution in [0.2, 0.25) is 0 Å². The van der Waals surface area contributed by atoms with Gasteiger partial charge in [0.15, 0.2) is 17.5 Å². The van der Waals surface area contributed by atoms with E-state index in [-0.39, 0.29) is 41.6 Å². The number of methoxy groups -OCH3 is 1. The SMILES string of the molecule is C#Cc1cccc2cccc(-c3ncc4c(N5CCC6CN(C(=O)/C(F)=C/c7ncccn7)CC65)nc(OC)nc4c3F)c12. The molecule has 5 heterocycles. The van der Waals surface area contributed by atoms with Crippen LogP contribution in [0.15, 0.2) is 66.9 Å². The molecule has 2 unspecified atom stereocenters. The fraction of sp³-hybridized carbons (Fsp3) is 0.212. The van der Waals surface area contributed by atoms with Crippen LogP contribution in [0.1, 0.15) is 17.8 Å². The number of rotatable bonds is 5. The first-order valence-corrected chi connectivity index (χ1v) is 14.1. The van der Waals surface area contributed by atoms with Crippen LogP contribution in [0.4, 0.5) is 14.6 Å². The Labute approximate surface area is 251 Å². The van der Waals surface area contributed by atoms with Crippen molar-refractivity contribution in [3.63, 3.8) is 0 Å². The molecule has 2 aliphatic heterocycles. The highest BCUT2D eigenvalue weighted by Gasteiger charge is 2.44. The van der Waals surface area contributed by atoms with Crippen LogP contribution in [-0.4, -0.2) is 68.5 Å². The van der Waals surface area contributed by atoms with Gasteiger partial charge in [0, 0.05) is 66.7 Å². The zero-order chi connectivity index (χ0) is 30.4. The second kappa shape index (κ2) is 11.0. The van der Waals surface area contributed by atoms with E-state index in [1.807, 2.05) is 35.2 Å². The first-order chi connectivity index (χ1) is 21.5. The maximum atomic E-state index is 16.4. The third-order valence-corrected chi connectivity index (χ3v) is 8.29. The van der Waals surface area contributed by atoms with Crippen molar-refractivity contribution in [3.05, 3.63) is 84.1 Å². The molecule has 9 nitrogen and oxygen atoms in total. The molecule has 0 bridgehead atoms. The van der Waals surface area contributed by atoms with Crippen molar-refractivity contribution >= 4 is 39.5 Å². The Balaban J connectivity index is 1.25. The van der Waals surface area contributed by atoms with E-state index in [9.17, 15) is 9.18 Å². The first kappa shape index (κ1) is 27.3. The van der Waals surface area contributed by atoms with Crippen molar-refractivity contribution in [1.82, 2.24) is 29.8 Å². The highest BCUT2D eigenvalue weighted by molar-refractivity contribution is 6.02. The van der Waals surface area contributed by atoms with Gasteiger partial charge in [0.05, 0.1) is 18.5 Å². The summed E-state index contributed by atoms with van der Waals surface area (Å²) < 4.78 is 36.7. The van der Waals surface area contributed by atoms with Gasteiger partial charge < -0.3 is 14.5 Å². The second-order valence-electron chi connectivity index (χ2n) is 10.7. The predicted molar refractivity (Wildman–Crippen MR) is 162 cm³/mol. The number of terminal acetylenes is 1. The van der Waals surface area contributed by atoms with Crippen LogP contribution < -0.4 is 9.64 Å². The number of benzene rings is 2. The summed E-state index contributed by atoms with van der Waals surface area (Å²) in [5, 5.41) is 2.00. The van der Waals surface area contributed by atoms with Crippen molar-refractivity contribution in [2.75, 3.05) is 31.6 Å². The number of carbonyl (C=O) groups is 1. The Hall–Kier alpha value is -5.50. The molecule has 2 fully saturated rings. The van der Waals surface area contributed by atoms with Gasteiger partial charge in [-0.15, -0.1) is 6.42 Å². The van der Waals surface area contributed by atoms with E-state index in [4.69, 9.17) is 11.2 Å². The number of nitrogens with zero attached hydrogens (tertiary/aromatic N) is 7. The number of aromatic nitrogens is 5. The average Bonchev–Trinajstić information content (AvgIpc) is 3.66. The molecule has 0 N–H and O–H groups in total. The van der Waals surface area contributed by atoms with E-state index >= 15 is 4.39 Å². The fourth-order valence-corrected chi connectivity index (χ4v) is 6.28. The minimum atomic E-state index is -0.933. The monoisotopic (exact) mass is 589 g/mol. The van der Waals surface area contributed by atoms with Crippen molar-refractivity contribution < 1.29 is 18.3 Å². The van der Waals surface area contributed by atoms with Gasteiger partial charge in [-0.1, -0.05) is 36.3 Å². The van der Waals surface area contributed by atoms with E-state index in [1.54, 1.807) is 18.3 Å². The number of ether oxygens (including phenoxy) is 1. The summed E-state index contributed by atoms with van der Waals surface area (Å²) in [5.74, 6) is 1.04. The van der Waals surface area contributed by atoms with Gasteiger partial charge in [-0.25, -0.2) is 18.7 Å². The lowest BCUT2D eigenvalue weighted by atomic mass is 9.97. The molecule has 11 heteroatoms.